The fraction of sp³-hybridized carbons (Fsp3) is 0. The quantitative estimate of drug-likeness (QED) is 0.557. The van der Waals surface area contributed by atoms with Gasteiger partial charge in [-0.2, -0.15) is 0 Å². The summed E-state index contributed by atoms with van der Waals surface area (Å²) in [6.07, 6.45) is 0. The van der Waals surface area contributed by atoms with Gasteiger partial charge in [0.25, 0.3) is 10.0 Å². The van der Waals surface area contributed by atoms with Crippen molar-refractivity contribution in [2.24, 2.45) is 0 Å². The lowest BCUT2D eigenvalue weighted by Gasteiger charge is -2.11. The number of benzene rings is 2. The number of sulfonamides is 1. The highest BCUT2D eigenvalue weighted by molar-refractivity contribution is 14.1. The van der Waals surface area contributed by atoms with Crippen molar-refractivity contribution in [3.63, 3.8) is 0 Å². The summed E-state index contributed by atoms with van der Waals surface area (Å²) in [6, 6.07) is 9.09. The van der Waals surface area contributed by atoms with Gasteiger partial charge in [0.15, 0.2) is 0 Å². The first-order valence-electron chi connectivity index (χ1n) is 5.32. The largest absolute Gasteiger partial charge is 0.399 e. The lowest BCUT2D eigenvalue weighted by molar-refractivity contribution is 0.601. The first-order valence-corrected chi connectivity index (χ1v) is 8.64. The summed E-state index contributed by atoms with van der Waals surface area (Å²) in [5.74, 6) is 0. The Morgan fingerprint density at radius 3 is 2.40 bits per heavy atom. The number of anilines is 2. The van der Waals surface area contributed by atoms with Crippen LogP contribution in [0, 0.1) is 3.57 Å². The number of hydrogen-bond donors (Lipinski definition) is 2. The fourth-order valence-electron chi connectivity index (χ4n) is 1.51. The third-order valence-corrected chi connectivity index (χ3v) is 5.40. The predicted octanol–water partition coefficient (Wildman–Crippen LogP) is 3.98. The molecular weight excluding hydrogens is 434 g/mol. The fourth-order valence-corrected chi connectivity index (χ4v) is 4.33. The molecule has 0 amide bonds. The van der Waals surface area contributed by atoms with E-state index in [-0.39, 0.29) is 9.92 Å². The molecule has 2 rings (SSSR count). The summed E-state index contributed by atoms with van der Waals surface area (Å²) >= 11 is 13.7. The average Bonchev–Trinajstić information content (AvgIpc) is 2.32. The zero-order valence-corrected chi connectivity index (χ0v) is 14.4. The van der Waals surface area contributed by atoms with Crippen LogP contribution >= 0.6 is 45.8 Å². The molecule has 8 heteroatoms. The monoisotopic (exact) mass is 442 g/mol. The van der Waals surface area contributed by atoms with E-state index in [0.29, 0.717) is 20.0 Å². The van der Waals surface area contributed by atoms with Crippen molar-refractivity contribution in [2.45, 2.75) is 4.90 Å². The normalized spacial score (nSPS) is 11.3. The second-order valence-electron chi connectivity index (χ2n) is 3.92. The summed E-state index contributed by atoms with van der Waals surface area (Å²) in [4.78, 5) is -0.0286. The van der Waals surface area contributed by atoms with Crippen molar-refractivity contribution in [1.82, 2.24) is 0 Å². The van der Waals surface area contributed by atoms with Crippen molar-refractivity contribution in [1.29, 1.82) is 0 Å². The van der Waals surface area contributed by atoms with Crippen LogP contribution in [0.5, 0.6) is 0 Å². The zero-order chi connectivity index (χ0) is 14.9. The Hall–Kier alpha value is -0.700. The van der Waals surface area contributed by atoms with Crippen molar-refractivity contribution in [2.75, 3.05) is 10.5 Å². The van der Waals surface area contributed by atoms with Crippen LogP contribution < -0.4 is 10.5 Å². The van der Waals surface area contributed by atoms with Gasteiger partial charge in [0.1, 0.15) is 4.90 Å². The Balaban J connectivity index is 2.41. The maximum Gasteiger partial charge on any atom is 0.263 e. The van der Waals surface area contributed by atoms with Crippen molar-refractivity contribution >= 4 is 67.2 Å². The molecule has 3 N–H and O–H groups in total. The van der Waals surface area contributed by atoms with Crippen LogP contribution in [0.3, 0.4) is 0 Å². The standard InChI is InChI=1S/C12H9Cl2IN2O2S/c13-7-1-3-11(10(15)5-7)17-20(18,19)12-4-2-8(16)6-9(12)14/h1-6,17H,16H2. The van der Waals surface area contributed by atoms with E-state index in [0.717, 1.165) is 0 Å². The zero-order valence-electron chi connectivity index (χ0n) is 9.90. The molecule has 0 radical (unpaired) electrons. The van der Waals surface area contributed by atoms with Crippen LogP contribution in [0.25, 0.3) is 0 Å². The van der Waals surface area contributed by atoms with Gasteiger partial charge >= 0.3 is 0 Å². The molecule has 0 bridgehead atoms. The molecule has 0 aliphatic rings. The number of halogens is 3. The molecule has 106 valence electrons. The summed E-state index contributed by atoms with van der Waals surface area (Å²) in [5.41, 5.74) is 6.38. The first-order chi connectivity index (χ1) is 9.29. The van der Waals surface area contributed by atoms with Gasteiger partial charge in [0.05, 0.1) is 10.7 Å². The van der Waals surface area contributed by atoms with Gasteiger partial charge in [-0.25, -0.2) is 8.42 Å². The SMILES string of the molecule is Nc1ccc(S(=O)(=O)Nc2ccc(Cl)cc2I)c(Cl)c1. The third kappa shape index (κ3) is 3.49. The topological polar surface area (TPSA) is 72.2 Å². The molecule has 0 heterocycles. The molecule has 0 fully saturated rings. The van der Waals surface area contributed by atoms with E-state index in [4.69, 9.17) is 28.9 Å². The minimum atomic E-state index is -3.78. The van der Waals surface area contributed by atoms with E-state index in [2.05, 4.69) is 4.72 Å². The van der Waals surface area contributed by atoms with Crippen molar-refractivity contribution in [3.8, 4) is 0 Å². The van der Waals surface area contributed by atoms with Crippen LogP contribution in [0.15, 0.2) is 41.3 Å². The lowest BCUT2D eigenvalue weighted by atomic mass is 10.3. The predicted molar refractivity (Wildman–Crippen MR) is 90.8 cm³/mol. The van der Waals surface area contributed by atoms with Crippen molar-refractivity contribution < 1.29 is 8.42 Å². The van der Waals surface area contributed by atoms with Gasteiger partial charge in [-0.15, -0.1) is 0 Å². The summed E-state index contributed by atoms with van der Waals surface area (Å²) in [5, 5.41) is 0.601. The second-order valence-corrected chi connectivity index (χ2v) is 7.58. The van der Waals surface area contributed by atoms with E-state index >= 15 is 0 Å². The molecule has 0 spiro atoms. The van der Waals surface area contributed by atoms with E-state index < -0.39 is 10.0 Å². The molecule has 0 saturated heterocycles. The molecule has 4 nitrogen and oxygen atoms in total. The number of rotatable bonds is 3. The second kappa shape index (κ2) is 5.97. The summed E-state index contributed by atoms with van der Waals surface area (Å²) in [6.45, 7) is 0. The van der Waals surface area contributed by atoms with Crippen LogP contribution in [0.1, 0.15) is 0 Å². The van der Waals surface area contributed by atoms with Crippen LogP contribution in [-0.2, 0) is 10.0 Å². The van der Waals surface area contributed by atoms with Gasteiger partial charge in [0.2, 0.25) is 0 Å². The molecular formula is C12H9Cl2IN2O2S. The van der Waals surface area contributed by atoms with Gasteiger partial charge < -0.3 is 5.73 Å². The minimum Gasteiger partial charge on any atom is -0.399 e. The van der Waals surface area contributed by atoms with Gasteiger partial charge in [-0.1, -0.05) is 23.2 Å². The van der Waals surface area contributed by atoms with Crippen LogP contribution in [0.2, 0.25) is 10.0 Å². The van der Waals surface area contributed by atoms with Gasteiger partial charge in [-0.3, -0.25) is 4.72 Å². The van der Waals surface area contributed by atoms with E-state index in [1.165, 1.54) is 18.2 Å². The van der Waals surface area contributed by atoms with Gasteiger partial charge in [-0.05, 0) is 59.0 Å². The lowest BCUT2D eigenvalue weighted by Crippen LogP contribution is -2.14. The Kier molecular flexibility index (Phi) is 4.68. The van der Waals surface area contributed by atoms with E-state index in [1.54, 1.807) is 18.2 Å². The molecule has 0 aromatic heterocycles. The van der Waals surface area contributed by atoms with Crippen LogP contribution in [-0.4, -0.2) is 8.42 Å². The maximum absolute atomic E-state index is 12.3. The molecule has 2 aromatic rings. The Morgan fingerprint density at radius 2 is 1.80 bits per heavy atom. The Morgan fingerprint density at radius 1 is 1.10 bits per heavy atom. The average molecular weight is 443 g/mol. The molecule has 0 saturated carbocycles. The molecule has 0 atom stereocenters. The number of nitrogens with two attached hydrogens (primary N) is 1. The minimum absolute atomic E-state index is 0.0286. The molecule has 20 heavy (non-hydrogen) atoms. The molecule has 0 aliphatic heterocycles. The first kappa shape index (κ1) is 15.7. The Labute approximate surface area is 140 Å². The number of hydrogen-bond acceptors (Lipinski definition) is 3. The van der Waals surface area contributed by atoms with E-state index in [1.807, 2.05) is 22.6 Å². The highest BCUT2D eigenvalue weighted by Gasteiger charge is 2.19. The number of nitrogen functional groups attached to an aromatic ring is 1. The smallest absolute Gasteiger partial charge is 0.263 e. The molecule has 2 aromatic carbocycles. The van der Waals surface area contributed by atoms with Crippen LogP contribution in [0.4, 0.5) is 11.4 Å². The molecule has 0 unspecified atom stereocenters. The highest BCUT2D eigenvalue weighted by atomic mass is 127. The summed E-state index contributed by atoms with van der Waals surface area (Å²) in [7, 11) is -3.78. The summed E-state index contributed by atoms with van der Waals surface area (Å²) < 4.78 is 27.8. The number of nitrogens with one attached hydrogen (secondary N) is 1. The molecule has 0 aliphatic carbocycles. The third-order valence-electron chi connectivity index (χ3n) is 2.42. The maximum atomic E-state index is 12.3. The van der Waals surface area contributed by atoms with Gasteiger partial charge in [0, 0.05) is 14.3 Å². The van der Waals surface area contributed by atoms with Crippen molar-refractivity contribution in [3.05, 3.63) is 50.0 Å². The van der Waals surface area contributed by atoms with E-state index in [9.17, 15) is 8.42 Å². The highest BCUT2D eigenvalue weighted by Crippen LogP contribution is 2.28. The Bertz CT molecular complexity index is 766.